The molecule has 2 heterocycles. The van der Waals surface area contributed by atoms with E-state index in [1.807, 2.05) is 4.57 Å². The summed E-state index contributed by atoms with van der Waals surface area (Å²) >= 11 is 5.89. The fourth-order valence-electron chi connectivity index (χ4n) is 1.59. The van der Waals surface area contributed by atoms with Gasteiger partial charge in [0, 0.05) is 12.6 Å². The van der Waals surface area contributed by atoms with Gasteiger partial charge in [-0.2, -0.15) is 0 Å². The van der Waals surface area contributed by atoms with Crippen LogP contribution in [0.15, 0.2) is 12.5 Å². The zero-order valence-corrected chi connectivity index (χ0v) is 7.59. The highest BCUT2D eigenvalue weighted by Crippen LogP contribution is 2.12. The second kappa shape index (κ2) is 3.46. The molecule has 0 bridgehead atoms. The van der Waals surface area contributed by atoms with Crippen LogP contribution in [0.5, 0.6) is 0 Å². The van der Waals surface area contributed by atoms with Crippen molar-refractivity contribution in [3.63, 3.8) is 0 Å². The van der Waals surface area contributed by atoms with Crippen LogP contribution in [0.4, 0.5) is 0 Å². The summed E-state index contributed by atoms with van der Waals surface area (Å²) in [6.07, 6.45) is 5.98. The maximum Gasteiger partial charge on any atom is 0.128 e. The Morgan fingerprint density at radius 3 is 3.25 bits per heavy atom. The first-order valence-electron chi connectivity index (χ1n) is 4.25. The summed E-state index contributed by atoms with van der Waals surface area (Å²) < 4.78 is 1.98. The smallest absolute Gasteiger partial charge is 0.128 e. The lowest BCUT2D eigenvalue weighted by Crippen LogP contribution is -2.26. The van der Waals surface area contributed by atoms with Gasteiger partial charge in [-0.15, -0.1) is 0 Å². The molecule has 1 atom stereocenters. The topological polar surface area (TPSA) is 29.9 Å². The van der Waals surface area contributed by atoms with Gasteiger partial charge in [0.2, 0.25) is 0 Å². The Hall–Kier alpha value is -0.540. The van der Waals surface area contributed by atoms with Crippen molar-refractivity contribution in [2.24, 2.45) is 0 Å². The molecule has 0 aromatic carbocycles. The largest absolute Gasteiger partial charge is 0.320 e. The molecule has 0 amide bonds. The van der Waals surface area contributed by atoms with E-state index < -0.39 is 0 Å². The van der Waals surface area contributed by atoms with Gasteiger partial charge in [-0.1, -0.05) is 11.6 Å². The molecule has 1 aromatic rings. The average Bonchev–Trinajstić information content (AvgIpc) is 2.65. The molecule has 1 aromatic heterocycles. The number of hydrogen-bond acceptors (Lipinski definition) is 2. The van der Waals surface area contributed by atoms with Gasteiger partial charge in [0.25, 0.3) is 0 Å². The third-order valence-electron chi connectivity index (χ3n) is 2.24. The first-order valence-corrected chi connectivity index (χ1v) is 4.63. The summed E-state index contributed by atoms with van der Waals surface area (Å²) in [5.41, 5.74) is 0. The van der Waals surface area contributed by atoms with E-state index in [9.17, 15) is 0 Å². The average molecular weight is 186 g/mol. The first-order chi connectivity index (χ1) is 5.86. The predicted octanol–water partition coefficient (Wildman–Crippen LogP) is 1.29. The van der Waals surface area contributed by atoms with Gasteiger partial charge in [-0.25, -0.2) is 4.98 Å². The molecular formula is C8H12ClN3. The first kappa shape index (κ1) is 8.08. The minimum atomic E-state index is 0.580. The van der Waals surface area contributed by atoms with Crippen molar-refractivity contribution in [2.45, 2.75) is 25.4 Å². The van der Waals surface area contributed by atoms with E-state index in [4.69, 9.17) is 11.6 Å². The molecule has 0 aliphatic carbocycles. The molecule has 3 nitrogen and oxygen atoms in total. The summed E-state index contributed by atoms with van der Waals surface area (Å²) in [5, 5.41) is 4.14. The van der Waals surface area contributed by atoms with Crippen molar-refractivity contribution < 1.29 is 0 Å². The number of halogens is 1. The monoisotopic (exact) mass is 185 g/mol. The maximum atomic E-state index is 5.89. The molecule has 0 radical (unpaired) electrons. The number of nitrogens with one attached hydrogen (secondary N) is 1. The highest BCUT2D eigenvalue weighted by Gasteiger charge is 2.14. The Labute approximate surface area is 76.7 Å². The minimum Gasteiger partial charge on any atom is -0.320 e. The van der Waals surface area contributed by atoms with Gasteiger partial charge in [-0.3, -0.25) is 0 Å². The van der Waals surface area contributed by atoms with E-state index in [1.165, 1.54) is 12.8 Å². The van der Waals surface area contributed by atoms with E-state index in [0.717, 1.165) is 18.2 Å². The lowest BCUT2D eigenvalue weighted by Gasteiger charge is -2.10. The molecule has 12 heavy (non-hydrogen) atoms. The molecule has 1 saturated heterocycles. The fourth-order valence-corrected chi connectivity index (χ4v) is 1.76. The molecule has 0 spiro atoms. The Balaban J connectivity index is 1.98. The summed E-state index contributed by atoms with van der Waals surface area (Å²) in [6, 6.07) is 0.580. The van der Waals surface area contributed by atoms with E-state index in [-0.39, 0.29) is 0 Å². The molecule has 4 heteroatoms. The minimum absolute atomic E-state index is 0.580. The van der Waals surface area contributed by atoms with Crippen LogP contribution in [0.3, 0.4) is 0 Å². The predicted molar refractivity (Wildman–Crippen MR) is 48.3 cm³/mol. The number of hydrogen-bond donors (Lipinski definition) is 1. The van der Waals surface area contributed by atoms with Crippen molar-refractivity contribution in [3.8, 4) is 0 Å². The van der Waals surface area contributed by atoms with Crippen molar-refractivity contribution in [2.75, 3.05) is 6.54 Å². The van der Waals surface area contributed by atoms with Crippen LogP contribution >= 0.6 is 11.6 Å². The van der Waals surface area contributed by atoms with Gasteiger partial charge in [0.05, 0.1) is 12.5 Å². The number of rotatable bonds is 2. The van der Waals surface area contributed by atoms with Crippen molar-refractivity contribution in [3.05, 3.63) is 17.7 Å². The van der Waals surface area contributed by atoms with Crippen LogP contribution in [0, 0.1) is 0 Å². The molecule has 1 unspecified atom stereocenters. The van der Waals surface area contributed by atoms with Crippen molar-refractivity contribution in [1.29, 1.82) is 0 Å². The second-order valence-corrected chi connectivity index (χ2v) is 3.55. The van der Waals surface area contributed by atoms with Gasteiger partial charge in [0.1, 0.15) is 5.15 Å². The zero-order chi connectivity index (χ0) is 8.39. The molecule has 66 valence electrons. The van der Waals surface area contributed by atoms with E-state index in [2.05, 4.69) is 10.3 Å². The highest BCUT2D eigenvalue weighted by molar-refractivity contribution is 6.29. The van der Waals surface area contributed by atoms with E-state index in [1.54, 1.807) is 12.5 Å². The standard InChI is InChI=1S/C8H12ClN3/c9-8-4-10-6-12(8)5-7-2-1-3-11-7/h4,6-7,11H,1-3,5H2. The summed E-state index contributed by atoms with van der Waals surface area (Å²) in [7, 11) is 0. The van der Waals surface area contributed by atoms with Crippen molar-refractivity contribution >= 4 is 11.6 Å². The number of aromatic nitrogens is 2. The molecule has 1 aliphatic heterocycles. The molecule has 1 aliphatic rings. The van der Waals surface area contributed by atoms with E-state index >= 15 is 0 Å². The molecule has 0 saturated carbocycles. The Morgan fingerprint density at radius 2 is 2.67 bits per heavy atom. The van der Waals surface area contributed by atoms with Gasteiger partial charge in [0.15, 0.2) is 0 Å². The van der Waals surface area contributed by atoms with E-state index in [0.29, 0.717) is 6.04 Å². The summed E-state index contributed by atoms with van der Waals surface area (Å²) in [6.45, 7) is 2.08. The Kier molecular flexibility index (Phi) is 2.33. The van der Waals surface area contributed by atoms with Crippen molar-refractivity contribution in [1.82, 2.24) is 14.9 Å². The van der Waals surface area contributed by atoms with Crippen LogP contribution in [0.2, 0.25) is 5.15 Å². The van der Waals surface area contributed by atoms with Crippen LogP contribution in [0.25, 0.3) is 0 Å². The maximum absolute atomic E-state index is 5.89. The third-order valence-corrected chi connectivity index (χ3v) is 2.56. The van der Waals surface area contributed by atoms with Crippen LogP contribution in [0.1, 0.15) is 12.8 Å². The van der Waals surface area contributed by atoms with Gasteiger partial charge < -0.3 is 9.88 Å². The van der Waals surface area contributed by atoms with Gasteiger partial charge >= 0.3 is 0 Å². The molecule has 1 fully saturated rings. The highest BCUT2D eigenvalue weighted by atomic mass is 35.5. The Morgan fingerprint density at radius 1 is 1.75 bits per heavy atom. The lowest BCUT2D eigenvalue weighted by atomic mass is 10.2. The Bertz CT molecular complexity index is 253. The number of nitrogens with zero attached hydrogens (tertiary/aromatic N) is 2. The quantitative estimate of drug-likeness (QED) is 0.753. The molecular weight excluding hydrogens is 174 g/mol. The summed E-state index contributed by atoms with van der Waals surface area (Å²) in [4.78, 5) is 3.97. The van der Waals surface area contributed by atoms with Crippen LogP contribution in [-0.2, 0) is 6.54 Å². The zero-order valence-electron chi connectivity index (χ0n) is 6.83. The number of imidazole rings is 1. The SMILES string of the molecule is Clc1cncn1CC1CCCN1. The molecule has 2 rings (SSSR count). The lowest BCUT2D eigenvalue weighted by molar-refractivity contribution is 0.509. The van der Waals surface area contributed by atoms with Crippen LogP contribution in [-0.4, -0.2) is 22.1 Å². The summed E-state index contributed by atoms with van der Waals surface area (Å²) in [5.74, 6) is 0. The fraction of sp³-hybridized carbons (Fsp3) is 0.625. The normalized spacial score (nSPS) is 23.2. The third kappa shape index (κ3) is 1.62. The second-order valence-electron chi connectivity index (χ2n) is 3.16. The van der Waals surface area contributed by atoms with Crippen LogP contribution < -0.4 is 5.32 Å². The van der Waals surface area contributed by atoms with Gasteiger partial charge in [-0.05, 0) is 19.4 Å². The molecule has 1 N–H and O–H groups in total.